The van der Waals surface area contributed by atoms with Crippen LogP contribution in [-0.4, -0.2) is 67.9 Å². The van der Waals surface area contributed by atoms with Crippen molar-refractivity contribution in [2.75, 3.05) is 24.6 Å². The average Bonchev–Trinajstić information content (AvgIpc) is 3.14. The number of likely N-dealkylation sites (N-methyl/N-ethyl adjacent to an activating group) is 1. The molecule has 2 saturated heterocycles. The van der Waals surface area contributed by atoms with E-state index in [0.717, 1.165) is 12.8 Å². The first-order valence-electron chi connectivity index (χ1n) is 9.42. The lowest BCUT2D eigenvalue weighted by Crippen LogP contribution is -2.50. The summed E-state index contributed by atoms with van der Waals surface area (Å²) in [7, 11) is -3.02. The maximum atomic E-state index is 12.8. The molecule has 2 heterocycles. The van der Waals surface area contributed by atoms with Gasteiger partial charge in [0.05, 0.1) is 24.1 Å². The van der Waals surface area contributed by atoms with Gasteiger partial charge >= 0.3 is 0 Å². The van der Waals surface area contributed by atoms with Crippen LogP contribution in [0.4, 0.5) is 0 Å². The zero-order valence-corrected chi connectivity index (χ0v) is 16.9. The highest BCUT2D eigenvalue weighted by Crippen LogP contribution is 2.33. The number of carbonyl (C=O) groups excluding carboxylic acids is 2. The smallest absolute Gasteiger partial charge is 0.240 e. The Kier molecular flexibility index (Phi) is 7.33. The third-order valence-corrected chi connectivity index (χ3v) is 7.55. The lowest BCUT2D eigenvalue weighted by atomic mass is 9.85. The van der Waals surface area contributed by atoms with Crippen molar-refractivity contribution >= 4 is 34.1 Å². The number of rotatable bonds is 5. The second-order valence-corrected chi connectivity index (χ2v) is 9.85. The van der Waals surface area contributed by atoms with E-state index in [0.29, 0.717) is 24.9 Å². The van der Waals surface area contributed by atoms with E-state index >= 15 is 0 Å². The molecule has 9 heteroatoms. The maximum absolute atomic E-state index is 12.8. The van der Waals surface area contributed by atoms with Gasteiger partial charge in [-0.3, -0.25) is 9.59 Å². The number of carbonyl (C=O) groups is 2. The number of nitrogens with one attached hydrogen (secondary N) is 2. The van der Waals surface area contributed by atoms with Gasteiger partial charge in [0.1, 0.15) is 0 Å². The first kappa shape index (κ1) is 21.4. The molecule has 2 N–H and O–H groups in total. The van der Waals surface area contributed by atoms with Crippen molar-refractivity contribution in [2.24, 2.45) is 5.92 Å². The lowest BCUT2D eigenvalue weighted by Gasteiger charge is -2.25. The standard InChI is InChI=1S/C17H29N3O4S.ClH/c1-2-20(10-16(21)18-13-7-8-25(23,24)11-13)17(22)15-9-12-5-3-4-6-14(12)19-15;/h12-15,19H,2-11H2,1H3,(H,18,21);1H. The number of hydrogen-bond acceptors (Lipinski definition) is 5. The molecule has 7 nitrogen and oxygen atoms in total. The van der Waals surface area contributed by atoms with Gasteiger partial charge in [-0.25, -0.2) is 8.42 Å². The van der Waals surface area contributed by atoms with Gasteiger partial charge in [-0.15, -0.1) is 12.4 Å². The summed E-state index contributed by atoms with van der Waals surface area (Å²) in [5.41, 5.74) is 0. The van der Waals surface area contributed by atoms with E-state index in [2.05, 4.69) is 10.6 Å². The number of nitrogens with zero attached hydrogens (tertiary/aromatic N) is 1. The molecule has 3 rings (SSSR count). The predicted molar refractivity (Wildman–Crippen MR) is 102 cm³/mol. The minimum absolute atomic E-state index is 0. The fraction of sp³-hybridized carbons (Fsp3) is 0.882. The average molecular weight is 408 g/mol. The molecular formula is C17H30ClN3O4S. The van der Waals surface area contributed by atoms with Crippen LogP contribution in [0.3, 0.4) is 0 Å². The van der Waals surface area contributed by atoms with Crippen molar-refractivity contribution in [2.45, 2.75) is 63.6 Å². The van der Waals surface area contributed by atoms with Crippen LogP contribution < -0.4 is 10.6 Å². The van der Waals surface area contributed by atoms with Gasteiger partial charge in [-0.1, -0.05) is 12.8 Å². The molecule has 0 radical (unpaired) electrons. The molecule has 0 aromatic carbocycles. The molecule has 0 bridgehead atoms. The lowest BCUT2D eigenvalue weighted by molar-refractivity contribution is -0.137. The molecule has 0 aromatic heterocycles. The van der Waals surface area contributed by atoms with Crippen LogP contribution in [0.15, 0.2) is 0 Å². The molecule has 3 aliphatic rings. The van der Waals surface area contributed by atoms with Gasteiger partial charge in [0.2, 0.25) is 11.8 Å². The van der Waals surface area contributed by atoms with Crippen molar-refractivity contribution in [3.05, 3.63) is 0 Å². The summed E-state index contributed by atoms with van der Waals surface area (Å²) in [4.78, 5) is 26.6. The molecule has 2 amide bonds. The van der Waals surface area contributed by atoms with E-state index in [9.17, 15) is 18.0 Å². The van der Waals surface area contributed by atoms with Gasteiger partial charge in [0.25, 0.3) is 0 Å². The predicted octanol–water partition coefficient (Wildman–Crippen LogP) is 0.481. The Hall–Kier alpha value is -0.860. The van der Waals surface area contributed by atoms with Crippen molar-refractivity contribution in [3.8, 4) is 0 Å². The summed E-state index contributed by atoms with van der Waals surface area (Å²) in [6.45, 7) is 2.34. The number of sulfone groups is 1. The molecule has 4 unspecified atom stereocenters. The van der Waals surface area contributed by atoms with E-state index in [1.807, 2.05) is 6.92 Å². The number of halogens is 1. The normalized spacial score (nSPS) is 32.3. The quantitative estimate of drug-likeness (QED) is 0.691. The minimum Gasteiger partial charge on any atom is -0.351 e. The third kappa shape index (κ3) is 5.10. The van der Waals surface area contributed by atoms with Crippen LogP contribution in [-0.2, 0) is 19.4 Å². The zero-order chi connectivity index (χ0) is 18.0. The largest absolute Gasteiger partial charge is 0.351 e. The van der Waals surface area contributed by atoms with Crippen LogP contribution in [0, 0.1) is 5.92 Å². The fourth-order valence-electron chi connectivity index (χ4n) is 4.43. The van der Waals surface area contributed by atoms with Gasteiger partial charge in [0, 0.05) is 18.6 Å². The van der Waals surface area contributed by atoms with Crippen LogP contribution in [0.25, 0.3) is 0 Å². The third-order valence-electron chi connectivity index (χ3n) is 5.79. The fourth-order valence-corrected chi connectivity index (χ4v) is 6.11. The van der Waals surface area contributed by atoms with Crippen LogP contribution >= 0.6 is 12.4 Å². The Balaban J connectivity index is 0.00000243. The first-order valence-corrected chi connectivity index (χ1v) is 11.2. The summed E-state index contributed by atoms with van der Waals surface area (Å²) < 4.78 is 23.0. The van der Waals surface area contributed by atoms with Gasteiger partial charge in [-0.05, 0) is 38.5 Å². The van der Waals surface area contributed by atoms with Gasteiger partial charge < -0.3 is 15.5 Å². The molecule has 1 saturated carbocycles. The summed E-state index contributed by atoms with van der Waals surface area (Å²) in [6.07, 6.45) is 6.11. The van der Waals surface area contributed by atoms with Gasteiger partial charge in [0.15, 0.2) is 9.84 Å². The Bertz CT molecular complexity index is 613. The first-order chi connectivity index (χ1) is 11.9. The molecule has 0 aromatic rings. The Labute approximate surface area is 162 Å². The highest BCUT2D eigenvalue weighted by Gasteiger charge is 2.39. The van der Waals surface area contributed by atoms with Crippen molar-refractivity contribution in [1.82, 2.24) is 15.5 Å². The summed E-state index contributed by atoms with van der Waals surface area (Å²) >= 11 is 0. The highest BCUT2D eigenvalue weighted by molar-refractivity contribution is 7.91. The SMILES string of the molecule is CCN(CC(=O)NC1CCS(=O)(=O)C1)C(=O)C1CC2CCCCC2N1.Cl. The van der Waals surface area contributed by atoms with Crippen LogP contribution in [0.5, 0.6) is 0 Å². The van der Waals surface area contributed by atoms with E-state index < -0.39 is 9.84 Å². The van der Waals surface area contributed by atoms with Crippen molar-refractivity contribution in [3.63, 3.8) is 0 Å². The molecule has 26 heavy (non-hydrogen) atoms. The Morgan fingerprint density at radius 2 is 1.92 bits per heavy atom. The molecular weight excluding hydrogens is 378 g/mol. The molecule has 3 fully saturated rings. The maximum Gasteiger partial charge on any atom is 0.240 e. The van der Waals surface area contributed by atoms with E-state index in [-0.39, 0.29) is 54.4 Å². The van der Waals surface area contributed by atoms with Gasteiger partial charge in [-0.2, -0.15) is 0 Å². The Morgan fingerprint density at radius 3 is 2.54 bits per heavy atom. The van der Waals surface area contributed by atoms with Crippen LogP contribution in [0.2, 0.25) is 0 Å². The minimum atomic E-state index is -3.02. The van der Waals surface area contributed by atoms with Crippen LogP contribution in [0.1, 0.15) is 45.4 Å². The second kappa shape index (κ2) is 8.89. The molecule has 2 aliphatic heterocycles. The van der Waals surface area contributed by atoms with E-state index in [1.165, 1.54) is 19.3 Å². The topological polar surface area (TPSA) is 95.6 Å². The molecule has 4 atom stereocenters. The summed E-state index contributed by atoms with van der Waals surface area (Å²) in [6, 6.07) is -0.0644. The number of fused-ring (bicyclic) bond motifs is 1. The second-order valence-electron chi connectivity index (χ2n) is 7.63. The number of hydrogen-bond donors (Lipinski definition) is 2. The highest BCUT2D eigenvalue weighted by atomic mass is 35.5. The molecule has 0 spiro atoms. The van der Waals surface area contributed by atoms with Crippen molar-refractivity contribution in [1.29, 1.82) is 0 Å². The van der Waals surface area contributed by atoms with E-state index in [4.69, 9.17) is 0 Å². The zero-order valence-electron chi connectivity index (χ0n) is 15.3. The summed E-state index contributed by atoms with van der Waals surface area (Å²) in [5, 5.41) is 6.22. The van der Waals surface area contributed by atoms with E-state index in [1.54, 1.807) is 4.90 Å². The Morgan fingerprint density at radius 1 is 1.19 bits per heavy atom. The monoisotopic (exact) mass is 407 g/mol. The molecule has 150 valence electrons. The summed E-state index contributed by atoms with van der Waals surface area (Å²) in [5.74, 6) is 0.438. The molecule has 1 aliphatic carbocycles. The number of amides is 2. The van der Waals surface area contributed by atoms with Crippen molar-refractivity contribution < 1.29 is 18.0 Å².